The van der Waals surface area contributed by atoms with Gasteiger partial charge in [0, 0.05) is 26.2 Å². The zero-order valence-corrected chi connectivity index (χ0v) is 14.6. The number of nitrogens with one attached hydrogen (secondary N) is 1. The third-order valence-corrected chi connectivity index (χ3v) is 4.40. The van der Waals surface area contributed by atoms with Gasteiger partial charge in [-0.1, -0.05) is 30.3 Å². The van der Waals surface area contributed by atoms with Gasteiger partial charge in [0.15, 0.2) is 0 Å². The van der Waals surface area contributed by atoms with Crippen molar-refractivity contribution in [1.29, 1.82) is 0 Å². The summed E-state index contributed by atoms with van der Waals surface area (Å²) in [5.41, 5.74) is 1.17. The molecule has 0 spiro atoms. The second-order valence-corrected chi connectivity index (χ2v) is 5.98. The van der Waals surface area contributed by atoms with Gasteiger partial charge in [0.2, 0.25) is 5.91 Å². The van der Waals surface area contributed by atoms with Crippen molar-refractivity contribution in [3.05, 3.63) is 35.9 Å². The second-order valence-electron chi connectivity index (χ2n) is 5.98. The van der Waals surface area contributed by atoms with Gasteiger partial charge in [0.1, 0.15) is 0 Å². The Labute approximate surface area is 140 Å². The van der Waals surface area contributed by atoms with E-state index < -0.39 is 0 Å². The van der Waals surface area contributed by atoms with E-state index in [-0.39, 0.29) is 24.4 Å². The molecule has 22 heavy (non-hydrogen) atoms. The van der Waals surface area contributed by atoms with Crippen molar-refractivity contribution in [1.82, 2.24) is 15.1 Å². The smallest absolute Gasteiger partial charge is 0.239 e. The van der Waals surface area contributed by atoms with Gasteiger partial charge in [-0.25, -0.2) is 0 Å². The van der Waals surface area contributed by atoms with Crippen LogP contribution in [0, 0.1) is 0 Å². The average molecular weight is 326 g/mol. The summed E-state index contributed by atoms with van der Waals surface area (Å²) in [6.45, 7) is 4.68. The maximum absolute atomic E-state index is 12.6. The monoisotopic (exact) mass is 325 g/mol. The molecule has 1 fully saturated rings. The standard InChI is InChI=1S/C17H27N3O.ClH/c1-14(20-11-7-10-16(13-20)18-2)17(21)19(3)12-15-8-5-4-6-9-15;/h4-6,8-9,14,16,18H,7,10-13H2,1-3H3;1H. The summed E-state index contributed by atoms with van der Waals surface area (Å²) < 4.78 is 0. The van der Waals surface area contributed by atoms with Gasteiger partial charge in [-0.3, -0.25) is 9.69 Å². The third kappa shape index (κ3) is 4.97. The van der Waals surface area contributed by atoms with E-state index in [2.05, 4.69) is 22.3 Å². The van der Waals surface area contributed by atoms with Crippen molar-refractivity contribution in [2.75, 3.05) is 27.2 Å². The molecule has 0 saturated carbocycles. The van der Waals surface area contributed by atoms with Gasteiger partial charge in [-0.15, -0.1) is 12.4 Å². The molecule has 1 aliphatic heterocycles. The Morgan fingerprint density at radius 1 is 1.41 bits per heavy atom. The molecule has 1 saturated heterocycles. The number of hydrogen-bond acceptors (Lipinski definition) is 3. The molecule has 1 aromatic rings. The van der Waals surface area contributed by atoms with E-state index in [0.717, 1.165) is 19.5 Å². The largest absolute Gasteiger partial charge is 0.340 e. The van der Waals surface area contributed by atoms with Gasteiger partial charge < -0.3 is 10.2 Å². The molecule has 2 rings (SSSR count). The lowest BCUT2D eigenvalue weighted by Gasteiger charge is -2.37. The molecule has 0 radical (unpaired) electrons. The van der Waals surface area contributed by atoms with Crippen molar-refractivity contribution < 1.29 is 4.79 Å². The Morgan fingerprint density at radius 3 is 2.73 bits per heavy atom. The van der Waals surface area contributed by atoms with Gasteiger partial charge in [-0.05, 0) is 38.9 Å². The highest BCUT2D eigenvalue weighted by Gasteiger charge is 2.28. The van der Waals surface area contributed by atoms with E-state index >= 15 is 0 Å². The summed E-state index contributed by atoms with van der Waals surface area (Å²) >= 11 is 0. The third-order valence-electron chi connectivity index (χ3n) is 4.40. The zero-order chi connectivity index (χ0) is 15.2. The molecule has 0 aromatic heterocycles. The molecule has 1 heterocycles. The lowest BCUT2D eigenvalue weighted by molar-refractivity contribution is -0.136. The topological polar surface area (TPSA) is 35.6 Å². The van der Waals surface area contributed by atoms with Crippen LogP contribution in [0.2, 0.25) is 0 Å². The molecular formula is C17H28ClN3O. The van der Waals surface area contributed by atoms with Crippen LogP contribution >= 0.6 is 12.4 Å². The molecule has 4 nitrogen and oxygen atoms in total. The summed E-state index contributed by atoms with van der Waals surface area (Å²) in [6, 6.07) is 10.6. The van der Waals surface area contributed by atoms with Crippen LogP contribution in [0.4, 0.5) is 0 Å². The predicted molar refractivity (Wildman–Crippen MR) is 93.3 cm³/mol. The van der Waals surface area contributed by atoms with Crippen LogP contribution in [0.25, 0.3) is 0 Å². The van der Waals surface area contributed by atoms with E-state index in [1.807, 2.05) is 44.1 Å². The number of amides is 1. The number of halogens is 1. The first-order valence-corrected chi connectivity index (χ1v) is 7.82. The molecule has 1 aliphatic rings. The van der Waals surface area contributed by atoms with Crippen LogP contribution < -0.4 is 5.32 Å². The molecular weight excluding hydrogens is 298 g/mol. The van der Waals surface area contributed by atoms with Crippen LogP contribution in [0.5, 0.6) is 0 Å². The lowest BCUT2D eigenvalue weighted by Crippen LogP contribution is -2.52. The molecule has 2 unspecified atom stereocenters. The normalized spacial score (nSPS) is 20.0. The fraction of sp³-hybridized carbons (Fsp3) is 0.588. The first-order valence-electron chi connectivity index (χ1n) is 7.82. The number of hydrogen-bond donors (Lipinski definition) is 1. The fourth-order valence-electron chi connectivity index (χ4n) is 3.00. The Bertz CT molecular complexity index is 454. The predicted octanol–water partition coefficient (Wildman–Crippen LogP) is 2.14. The van der Waals surface area contributed by atoms with Crippen molar-refractivity contribution in [3.8, 4) is 0 Å². The molecule has 5 heteroatoms. The Morgan fingerprint density at radius 2 is 2.09 bits per heavy atom. The summed E-state index contributed by atoms with van der Waals surface area (Å²) in [5.74, 6) is 0.204. The number of nitrogens with zero attached hydrogens (tertiary/aromatic N) is 2. The average Bonchev–Trinajstić information content (AvgIpc) is 2.54. The summed E-state index contributed by atoms with van der Waals surface area (Å²) in [5, 5.41) is 3.33. The number of rotatable bonds is 5. The highest BCUT2D eigenvalue weighted by Crippen LogP contribution is 2.15. The molecule has 0 bridgehead atoms. The van der Waals surface area contributed by atoms with Gasteiger partial charge in [0.05, 0.1) is 6.04 Å². The van der Waals surface area contributed by atoms with Gasteiger partial charge >= 0.3 is 0 Å². The molecule has 1 aromatic carbocycles. The van der Waals surface area contributed by atoms with Crippen molar-refractivity contribution in [2.45, 2.75) is 38.4 Å². The number of carbonyl (C=O) groups is 1. The molecule has 124 valence electrons. The maximum atomic E-state index is 12.6. The van der Waals surface area contributed by atoms with Crippen molar-refractivity contribution >= 4 is 18.3 Å². The zero-order valence-electron chi connectivity index (χ0n) is 13.8. The Hall–Kier alpha value is -1.10. The number of piperidine rings is 1. The first-order chi connectivity index (χ1) is 10.1. The minimum Gasteiger partial charge on any atom is -0.340 e. The number of benzene rings is 1. The maximum Gasteiger partial charge on any atom is 0.239 e. The molecule has 2 atom stereocenters. The van der Waals surface area contributed by atoms with Gasteiger partial charge in [0.25, 0.3) is 0 Å². The Balaban J connectivity index is 0.00000242. The van der Waals surface area contributed by atoms with Crippen LogP contribution in [0.1, 0.15) is 25.3 Å². The van der Waals surface area contributed by atoms with Crippen molar-refractivity contribution in [2.24, 2.45) is 0 Å². The SMILES string of the molecule is CNC1CCCN(C(C)C(=O)N(C)Cc2ccccc2)C1.Cl. The highest BCUT2D eigenvalue weighted by atomic mass is 35.5. The number of carbonyl (C=O) groups excluding carboxylic acids is 1. The quantitative estimate of drug-likeness (QED) is 0.901. The molecule has 1 amide bonds. The summed E-state index contributed by atoms with van der Waals surface area (Å²) in [7, 11) is 3.90. The summed E-state index contributed by atoms with van der Waals surface area (Å²) in [4.78, 5) is 16.7. The van der Waals surface area contributed by atoms with Crippen LogP contribution in [0.15, 0.2) is 30.3 Å². The van der Waals surface area contributed by atoms with Crippen LogP contribution in [-0.4, -0.2) is 55.0 Å². The fourth-order valence-corrected chi connectivity index (χ4v) is 3.00. The summed E-state index contributed by atoms with van der Waals surface area (Å²) in [6.07, 6.45) is 2.36. The van der Waals surface area contributed by atoms with Gasteiger partial charge in [-0.2, -0.15) is 0 Å². The highest BCUT2D eigenvalue weighted by molar-refractivity contribution is 5.85. The minimum absolute atomic E-state index is 0. The van der Waals surface area contributed by atoms with Crippen molar-refractivity contribution in [3.63, 3.8) is 0 Å². The van der Waals surface area contributed by atoms with E-state index in [4.69, 9.17) is 0 Å². The molecule has 0 aliphatic carbocycles. The molecule has 1 N–H and O–H groups in total. The lowest BCUT2D eigenvalue weighted by atomic mass is 10.0. The van der Waals surface area contributed by atoms with E-state index in [1.165, 1.54) is 12.0 Å². The number of likely N-dealkylation sites (N-methyl/N-ethyl adjacent to an activating group) is 2. The van der Waals surface area contributed by atoms with E-state index in [1.54, 1.807) is 0 Å². The van der Waals surface area contributed by atoms with Crippen LogP contribution in [-0.2, 0) is 11.3 Å². The Kier molecular flexibility index (Phi) is 7.87. The van der Waals surface area contributed by atoms with Crippen LogP contribution in [0.3, 0.4) is 0 Å². The van der Waals surface area contributed by atoms with E-state index in [9.17, 15) is 4.79 Å². The van der Waals surface area contributed by atoms with E-state index in [0.29, 0.717) is 12.6 Å². The first kappa shape index (κ1) is 18.9. The minimum atomic E-state index is -0.0464. The second kappa shape index (κ2) is 9.13. The number of likely N-dealkylation sites (tertiary alicyclic amines) is 1.